The number of carbonyl (C=O) groups excluding carboxylic acids is 1. The molecule has 3 heterocycles. The number of hydrogen-bond acceptors (Lipinski definition) is 5. The maximum atomic E-state index is 13.4. The molecule has 34 heavy (non-hydrogen) atoms. The lowest BCUT2D eigenvalue weighted by molar-refractivity contribution is -0.138. The smallest absolute Gasteiger partial charge is 0.384 e. The SMILES string of the molecule is Cc1cnc2ccc(Cc3cc(C(=O)NCc4c(C(F)(F)F)cc(N)nc4C)ccn3)cc2c1. The summed E-state index contributed by atoms with van der Waals surface area (Å²) in [5.41, 5.74) is 8.48. The van der Waals surface area contributed by atoms with E-state index in [1.165, 1.54) is 19.2 Å². The second kappa shape index (κ2) is 9.09. The van der Waals surface area contributed by atoms with Crippen LogP contribution in [0.25, 0.3) is 10.9 Å². The van der Waals surface area contributed by atoms with Gasteiger partial charge in [0, 0.05) is 53.3 Å². The molecule has 0 unspecified atom stereocenters. The molecule has 0 atom stereocenters. The zero-order chi connectivity index (χ0) is 24.5. The number of amides is 1. The highest BCUT2D eigenvalue weighted by Gasteiger charge is 2.34. The monoisotopic (exact) mass is 465 g/mol. The van der Waals surface area contributed by atoms with Crippen molar-refractivity contribution in [2.75, 3.05) is 5.73 Å². The van der Waals surface area contributed by atoms with Crippen LogP contribution in [-0.4, -0.2) is 20.9 Å². The van der Waals surface area contributed by atoms with Crippen LogP contribution in [0.5, 0.6) is 0 Å². The van der Waals surface area contributed by atoms with Crippen molar-refractivity contribution in [3.8, 4) is 0 Å². The third kappa shape index (κ3) is 5.14. The second-order valence-corrected chi connectivity index (χ2v) is 8.09. The number of halogens is 3. The van der Waals surface area contributed by atoms with E-state index >= 15 is 0 Å². The number of fused-ring (bicyclic) bond motifs is 1. The molecule has 0 aliphatic rings. The summed E-state index contributed by atoms with van der Waals surface area (Å²) in [6.07, 6.45) is -0.802. The number of nitrogen functional groups attached to an aromatic ring is 1. The molecule has 0 saturated carbocycles. The fraction of sp³-hybridized carbons (Fsp3) is 0.200. The minimum absolute atomic E-state index is 0.115. The van der Waals surface area contributed by atoms with Crippen molar-refractivity contribution < 1.29 is 18.0 Å². The van der Waals surface area contributed by atoms with Gasteiger partial charge in [0.1, 0.15) is 5.82 Å². The van der Waals surface area contributed by atoms with E-state index in [0.717, 1.165) is 28.1 Å². The van der Waals surface area contributed by atoms with E-state index in [-0.39, 0.29) is 23.6 Å². The van der Waals surface area contributed by atoms with E-state index in [0.29, 0.717) is 17.7 Å². The number of nitrogens with zero attached hydrogens (tertiary/aromatic N) is 3. The van der Waals surface area contributed by atoms with Crippen molar-refractivity contribution in [2.45, 2.75) is 33.0 Å². The fourth-order valence-corrected chi connectivity index (χ4v) is 3.80. The molecule has 0 spiro atoms. The predicted octanol–water partition coefficient (Wildman–Crippen LogP) is 4.76. The van der Waals surface area contributed by atoms with Gasteiger partial charge < -0.3 is 11.1 Å². The molecule has 0 fully saturated rings. The number of hydrogen-bond donors (Lipinski definition) is 2. The van der Waals surface area contributed by atoms with E-state index in [1.807, 2.05) is 37.4 Å². The molecule has 3 aromatic heterocycles. The van der Waals surface area contributed by atoms with Gasteiger partial charge >= 0.3 is 6.18 Å². The first-order chi connectivity index (χ1) is 16.1. The molecule has 0 aliphatic heterocycles. The lowest BCUT2D eigenvalue weighted by atomic mass is 10.0. The Labute approximate surface area is 194 Å². The van der Waals surface area contributed by atoms with Gasteiger partial charge in [-0.3, -0.25) is 14.8 Å². The molecule has 9 heteroatoms. The number of aromatic nitrogens is 3. The van der Waals surface area contributed by atoms with Crippen LogP contribution in [0.1, 0.15) is 44.0 Å². The lowest BCUT2D eigenvalue weighted by Gasteiger charge is -2.16. The summed E-state index contributed by atoms with van der Waals surface area (Å²) >= 11 is 0. The average Bonchev–Trinajstić information content (AvgIpc) is 2.77. The van der Waals surface area contributed by atoms with Crippen LogP contribution in [0, 0.1) is 13.8 Å². The number of anilines is 1. The topological polar surface area (TPSA) is 93.8 Å². The Morgan fingerprint density at radius 3 is 2.62 bits per heavy atom. The molecule has 6 nitrogen and oxygen atoms in total. The first-order valence-electron chi connectivity index (χ1n) is 10.5. The first-order valence-corrected chi connectivity index (χ1v) is 10.5. The van der Waals surface area contributed by atoms with Gasteiger partial charge in [-0.15, -0.1) is 0 Å². The standard InChI is InChI=1S/C25H22F3N5O/c1-14-7-18-8-16(3-4-22(18)31-12-14)9-19-10-17(5-6-30-19)24(34)32-13-20-15(2)33-23(29)11-21(20)25(26,27)28/h3-8,10-12H,9,13H2,1-2H3,(H2,29,33)(H,32,34). The minimum atomic E-state index is -4.61. The van der Waals surface area contributed by atoms with Gasteiger partial charge in [-0.1, -0.05) is 6.07 Å². The molecule has 1 amide bonds. The Hall–Kier alpha value is -4.01. The highest BCUT2D eigenvalue weighted by atomic mass is 19.4. The van der Waals surface area contributed by atoms with Crippen LogP contribution in [-0.2, 0) is 19.1 Å². The molecule has 174 valence electrons. The maximum absolute atomic E-state index is 13.4. The number of alkyl halides is 3. The van der Waals surface area contributed by atoms with Crippen molar-refractivity contribution in [1.82, 2.24) is 20.3 Å². The molecule has 4 rings (SSSR count). The third-order valence-corrected chi connectivity index (χ3v) is 5.43. The maximum Gasteiger partial charge on any atom is 0.416 e. The summed E-state index contributed by atoms with van der Waals surface area (Å²) in [5, 5.41) is 3.57. The molecule has 1 aromatic carbocycles. The molecular weight excluding hydrogens is 443 g/mol. The summed E-state index contributed by atoms with van der Waals surface area (Å²) in [6, 6.07) is 11.9. The molecule has 0 radical (unpaired) electrons. The van der Waals surface area contributed by atoms with Crippen LogP contribution in [0.3, 0.4) is 0 Å². The Bertz CT molecular complexity index is 1390. The molecule has 0 bridgehead atoms. The molecular formula is C25H22F3N5O. The number of rotatable bonds is 5. The lowest BCUT2D eigenvalue weighted by Crippen LogP contribution is -2.26. The fourth-order valence-electron chi connectivity index (χ4n) is 3.80. The zero-order valence-electron chi connectivity index (χ0n) is 18.6. The number of nitrogens with one attached hydrogen (secondary N) is 1. The number of pyridine rings is 3. The molecule has 4 aromatic rings. The third-order valence-electron chi connectivity index (χ3n) is 5.43. The number of carbonyl (C=O) groups is 1. The highest BCUT2D eigenvalue weighted by Crippen LogP contribution is 2.34. The van der Waals surface area contributed by atoms with Gasteiger partial charge in [0.2, 0.25) is 0 Å². The van der Waals surface area contributed by atoms with Crippen molar-refractivity contribution in [2.24, 2.45) is 0 Å². The van der Waals surface area contributed by atoms with Crippen LogP contribution < -0.4 is 11.1 Å². The van der Waals surface area contributed by atoms with Crippen LogP contribution in [0.15, 0.2) is 54.9 Å². The summed E-state index contributed by atoms with van der Waals surface area (Å²) in [5.74, 6) is -0.732. The summed E-state index contributed by atoms with van der Waals surface area (Å²) < 4.78 is 40.3. The van der Waals surface area contributed by atoms with Crippen molar-refractivity contribution >= 4 is 22.6 Å². The van der Waals surface area contributed by atoms with E-state index < -0.39 is 17.6 Å². The highest BCUT2D eigenvalue weighted by molar-refractivity contribution is 5.94. The molecule has 0 saturated heterocycles. The van der Waals surface area contributed by atoms with E-state index in [4.69, 9.17) is 5.73 Å². The Balaban J connectivity index is 1.51. The van der Waals surface area contributed by atoms with Crippen LogP contribution >= 0.6 is 0 Å². The van der Waals surface area contributed by atoms with Gasteiger partial charge in [-0.25, -0.2) is 4.98 Å². The predicted molar refractivity (Wildman–Crippen MR) is 123 cm³/mol. The first kappa shape index (κ1) is 23.2. The zero-order valence-corrected chi connectivity index (χ0v) is 18.6. The van der Waals surface area contributed by atoms with Crippen molar-refractivity contribution in [1.29, 1.82) is 0 Å². The normalized spacial score (nSPS) is 11.6. The minimum Gasteiger partial charge on any atom is -0.384 e. The quantitative estimate of drug-likeness (QED) is 0.443. The van der Waals surface area contributed by atoms with E-state index in [2.05, 4.69) is 20.3 Å². The van der Waals surface area contributed by atoms with Gasteiger partial charge in [0.15, 0.2) is 0 Å². The average molecular weight is 465 g/mol. The van der Waals surface area contributed by atoms with Crippen molar-refractivity contribution in [3.63, 3.8) is 0 Å². The number of nitrogens with two attached hydrogens (primary N) is 1. The van der Waals surface area contributed by atoms with Crippen LogP contribution in [0.4, 0.5) is 19.0 Å². The Morgan fingerprint density at radius 1 is 1.06 bits per heavy atom. The Kier molecular flexibility index (Phi) is 6.19. The largest absolute Gasteiger partial charge is 0.416 e. The summed E-state index contributed by atoms with van der Waals surface area (Å²) in [6.45, 7) is 3.07. The van der Waals surface area contributed by atoms with Gasteiger partial charge in [-0.05, 0) is 61.4 Å². The Morgan fingerprint density at radius 2 is 1.85 bits per heavy atom. The number of aryl methyl sites for hydroxylation is 2. The van der Waals surface area contributed by atoms with E-state index in [1.54, 1.807) is 6.07 Å². The van der Waals surface area contributed by atoms with Gasteiger partial charge in [-0.2, -0.15) is 13.2 Å². The van der Waals surface area contributed by atoms with Gasteiger partial charge in [0.05, 0.1) is 11.1 Å². The van der Waals surface area contributed by atoms with Gasteiger partial charge in [0.25, 0.3) is 5.91 Å². The van der Waals surface area contributed by atoms with Crippen LogP contribution in [0.2, 0.25) is 0 Å². The number of benzene rings is 1. The summed E-state index contributed by atoms with van der Waals surface area (Å²) in [7, 11) is 0. The van der Waals surface area contributed by atoms with E-state index in [9.17, 15) is 18.0 Å². The molecule has 0 aliphatic carbocycles. The summed E-state index contributed by atoms with van der Waals surface area (Å²) in [4.78, 5) is 25.3. The molecule has 3 N–H and O–H groups in total. The van der Waals surface area contributed by atoms with Crippen molar-refractivity contribution in [3.05, 3.63) is 94.1 Å². The second-order valence-electron chi connectivity index (χ2n) is 8.09.